The first-order valence-corrected chi connectivity index (χ1v) is 8.53. The van der Waals surface area contributed by atoms with Gasteiger partial charge in [0.2, 0.25) is 11.8 Å². The molecule has 0 heterocycles. The van der Waals surface area contributed by atoms with Crippen LogP contribution in [0.25, 0.3) is 0 Å². The molecule has 25 heavy (non-hydrogen) atoms. The fourth-order valence-corrected chi connectivity index (χ4v) is 2.81. The molecule has 0 spiro atoms. The van der Waals surface area contributed by atoms with Gasteiger partial charge in [0.1, 0.15) is 0 Å². The summed E-state index contributed by atoms with van der Waals surface area (Å²) in [6.07, 6.45) is 0.386. The Labute approximate surface area is 149 Å². The Bertz CT molecular complexity index is 721. The highest BCUT2D eigenvalue weighted by Crippen LogP contribution is 2.20. The lowest BCUT2D eigenvalue weighted by molar-refractivity contribution is -0.133. The molecule has 4 heteroatoms. The van der Waals surface area contributed by atoms with Crippen LogP contribution in [0.2, 0.25) is 0 Å². The van der Waals surface area contributed by atoms with E-state index in [4.69, 9.17) is 0 Å². The van der Waals surface area contributed by atoms with Crippen molar-refractivity contribution in [1.29, 1.82) is 0 Å². The van der Waals surface area contributed by atoms with Gasteiger partial charge in [0, 0.05) is 19.2 Å². The summed E-state index contributed by atoms with van der Waals surface area (Å²) < 4.78 is 0. The molecule has 0 aliphatic carbocycles. The van der Waals surface area contributed by atoms with Crippen LogP contribution in [0.15, 0.2) is 48.5 Å². The van der Waals surface area contributed by atoms with E-state index in [-0.39, 0.29) is 24.3 Å². The molecule has 2 amide bonds. The molecule has 0 saturated carbocycles. The van der Waals surface area contributed by atoms with Gasteiger partial charge in [0.25, 0.3) is 0 Å². The molecule has 4 nitrogen and oxygen atoms in total. The van der Waals surface area contributed by atoms with Gasteiger partial charge >= 0.3 is 0 Å². The van der Waals surface area contributed by atoms with Gasteiger partial charge in [-0.05, 0) is 36.5 Å². The van der Waals surface area contributed by atoms with Crippen molar-refractivity contribution in [2.24, 2.45) is 0 Å². The minimum atomic E-state index is -0.180. The van der Waals surface area contributed by atoms with Crippen molar-refractivity contribution in [2.45, 2.75) is 33.1 Å². The molecule has 0 aromatic heterocycles. The molecule has 1 N–H and O–H groups in total. The summed E-state index contributed by atoms with van der Waals surface area (Å²) in [5.74, 6) is -0.0913. The molecular weight excluding hydrogens is 312 g/mol. The minimum Gasteiger partial charge on any atom is -0.336 e. The zero-order valence-electron chi connectivity index (χ0n) is 15.4. The predicted molar refractivity (Wildman–Crippen MR) is 102 cm³/mol. The molecule has 2 rings (SSSR count). The van der Waals surface area contributed by atoms with E-state index in [1.54, 1.807) is 7.05 Å². The van der Waals surface area contributed by atoms with E-state index in [1.807, 2.05) is 69.3 Å². The lowest BCUT2D eigenvalue weighted by Gasteiger charge is -2.20. The number of hydrogen-bond donors (Lipinski definition) is 1. The predicted octanol–water partition coefficient (Wildman–Crippen LogP) is 3.89. The highest BCUT2D eigenvalue weighted by atomic mass is 16.2. The number of nitrogens with zero attached hydrogens (tertiary/aromatic N) is 1. The Morgan fingerprint density at radius 1 is 1.00 bits per heavy atom. The van der Waals surface area contributed by atoms with Crippen molar-refractivity contribution in [3.05, 3.63) is 65.2 Å². The van der Waals surface area contributed by atoms with Crippen molar-refractivity contribution >= 4 is 17.5 Å². The second kappa shape index (κ2) is 8.47. The Morgan fingerprint density at radius 2 is 1.60 bits per heavy atom. The van der Waals surface area contributed by atoms with E-state index < -0.39 is 0 Å². The molecule has 2 aromatic rings. The molecule has 1 atom stereocenters. The van der Waals surface area contributed by atoms with E-state index in [0.29, 0.717) is 6.42 Å². The molecule has 0 fully saturated rings. The number of aryl methyl sites for hydroxylation is 2. The van der Waals surface area contributed by atoms with Crippen LogP contribution in [0.1, 0.15) is 36.0 Å². The Hall–Kier alpha value is -2.62. The third-order valence-corrected chi connectivity index (χ3v) is 4.40. The van der Waals surface area contributed by atoms with E-state index in [1.165, 1.54) is 4.90 Å². The first kappa shape index (κ1) is 18.7. The first-order valence-electron chi connectivity index (χ1n) is 8.53. The van der Waals surface area contributed by atoms with Crippen LogP contribution in [-0.2, 0) is 9.59 Å². The largest absolute Gasteiger partial charge is 0.336 e. The van der Waals surface area contributed by atoms with Crippen molar-refractivity contribution in [2.75, 3.05) is 18.9 Å². The summed E-state index contributed by atoms with van der Waals surface area (Å²) >= 11 is 0. The SMILES string of the molecule is Cc1cccc(C)c1NC(=O)CN(C)C(=O)C[C@H](C)c1ccccc1. The lowest BCUT2D eigenvalue weighted by Crippen LogP contribution is -2.35. The summed E-state index contributed by atoms with van der Waals surface area (Å²) in [4.78, 5) is 26.2. The van der Waals surface area contributed by atoms with Crippen LogP contribution in [0.3, 0.4) is 0 Å². The number of likely N-dealkylation sites (N-methyl/N-ethyl adjacent to an activating group) is 1. The fourth-order valence-electron chi connectivity index (χ4n) is 2.81. The third-order valence-electron chi connectivity index (χ3n) is 4.40. The van der Waals surface area contributed by atoms with Gasteiger partial charge in [-0.25, -0.2) is 0 Å². The lowest BCUT2D eigenvalue weighted by atomic mass is 9.97. The highest BCUT2D eigenvalue weighted by molar-refractivity contribution is 5.95. The zero-order chi connectivity index (χ0) is 18.4. The number of hydrogen-bond acceptors (Lipinski definition) is 2. The van der Waals surface area contributed by atoms with Gasteiger partial charge in [-0.2, -0.15) is 0 Å². The van der Waals surface area contributed by atoms with Crippen molar-refractivity contribution < 1.29 is 9.59 Å². The van der Waals surface area contributed by atoms with Crippen LogP contribution in [0, 0.1) is 13.8 Å². The van der Waals surface area contributed by atoms with Crippen LogP contribution in [0.5, 0.6) is 0 Å². The number of anilines is 1. The zero-order valence-corrected chi connectivity index (χ0v) is 15.4. The summed E-state index contributed by atoms with van der Waals surface area (Å²) in [5.41, 5.74) is 3.98. The van der Waals surface area contributed by atoms with E-state index >= 15 is 0 Å². The Morgan fingerprint density at radius 3 is 2.20 bits per heavy atom. The molecule has 0 radical (unpaired) electrons. The van der Waals surface area contributed by atoms with Crippen LogP contribution >= 0.6 is 0 Å². The van der Waals surface area contributed by atoms with E-state index in [0.717, 1.165) is 22.4 Å². The molecule has 0 saturated heterocycles. The summed E-state index contributed by atoms with van der Waals surface area (Å²) in [6.45, 7) is 5.99. The number of amides is 2. The number of rotatable bonds is 6. The minimum absolute atomic E-state index is 0.0343. The molecule has 0 aliphatic rings. The smallest absolute Gasteiger partial charge is 0.243 e. The molecule has 132 valence electrons. The van der Waals surface area contributed by atoms with E-state index in [9.17, 15) is 9.59 Å². The molecular formula is C21H26N2O2. The maximum atomic E-state index is 12.4. The number of nitrogens with one attached hydrogen (secondary N) is 1. The van der Waals surface area contributed by atoms with Crippen LogP contribution in [-0.4, -0.2) is 30.3 Å². The van der Waals surface area contributed by atoms with Gasteiger partial charge in [-0.1, -0.05) is 55.5 Å². The molecule has 0 bridgehead atoms. The summed E-state index contributed by atoms with van der Waals surface area (Å²) in [6, 6.07) is 15.8. The normalized spacial score (nSPS) is 11.7. The standard InChI is InChI=1S/C21H26N2O2/c1-15-9-8-10-16(2)21(15)22-19(24)14-23(4)20(25)13-17(3)18-11-6-5-7-12-18/h5-12,17H,13-14H2,1-4H3,(H,22,24)/t17-/m0/s1. The Balaban J connectivity index is 1.91. The van der Waals surface area contributed by atoms with Crippen molar-refractivity contribution in [3.63, 3.8) is 0 Å². The Kier molecular flexibility index (Phi) is 6.34. The highest BCUT2D eigenvalue weighted by Gasteiger charge is 2.17. The fraction of sp³-hybridized carbons (Fsp3) is 0.333. The monoisotopic (exact) mass is 338 g/mol. The maximum absolute atomic E-state index is 12.4. The number of carbonyl (C=O) groups is 2. The average molecular weight is 338 g/mol. The average Bonchev–Trinajstić information content (AvgIpc) is 2.59. The van der Waals surface area contributed by atoms with Gasteiger partial charge in [-0.3, -0.25) is 9.59 Å². The second-order valence-corrected chi connectivity index (χ2v) is 6.58. The second-order valence-electron chi connectivity index (χ2n) is 6.58. The van der Waals surface area contributed by atoms with Gasteiger partial charge in [-0.15, -0.1) is 0 Å². The molecule has 0 unspecified atom stereocenters. The number of benzene rings is 2. The van der Waals surface area contributed by atoms with Crippen molar-refractivity contribution in [3.8, 4) is 0 Å². The van der Waals surface area contributed by atoms with Gasteiger partial charge in [0.05, 0.1) is 6.54 Å². The molecule has 0 aliphatic heterocycles. The summed E-state index contributed by atoms with van der Waals surface area (Å²) in [5, 5.41) is 2.92. The van der Waals surface area contributed by atoms with Crippen molar-refractivity contribution in [1.82, 2.24) is 4.90 Å². The maximum Gasteiger partial charge on any atom is 0.243 e. The quantitative estimate of drug-likeness (QED) is 0.868. The third kappa shape index (κ3) is 5.18. The van der Waals surface area contributed by atoms with E-state index in [2.05, 4.69) is 5.32 Å². The number of carbonyl (C=O) groups excluding carboxylic acids is 2. The van der Waals surface area contributed by atoms with Crippen LogP contribution in [0.4, 0.5) is 5.69 Å². The first-order chi connectivity index (χ1) is 11.9. The molecule has 2 aromatic carbocycles. The summed E-state index contributed by atoms with van der Waals surface area (Å²) in [7, 11) is 1.67. The van der Waals surface area contributed by atoms with Gasteiger partial charge < -0.3 is 10.2 Å². The van der Waals surface area contributed by atoms with Gasteiger partial charge in [0.15, 0.2) is 0 Å². The number of para-hydroxylation sites is 1. The topological polar surface area (TPSA) is 49.4 Å². The van der Waals surface area contributed by atoms with Crippen LogP contribution < -0.4 is 5.32 Å².